The molecule has 2 unspecified atom stereocenters. The highest BCUT2D eigenvalue weighted by atomic mass is 35.5. The number of aromatic carboxylic acids is 1. The number of aromatic nitrogens is 1. The Morgan fingerprint density at radius 1 is 1.43 bits per heavy atom. The quantitative estimate of drug-likeness (QED) is 0.816. The van der Waals surface area contributed by atoms with Crippen LogP contribution in [0.3, 0.4) is 0 Å². The summed E-state index contributed by atoms with van der Waals surface area (Å²) in [5.41, 5.74) is 0.674. The summed E-state index contributed by atoms with van der Waals surface area (Å²) in [7, 11) is 1.79. The van der Waals surface area contributed by atoms with E-state index in [1.165, 1.54) is 12.6 Å². The second-order valence-corrected chi connectivity index (χ2v) is 7.43. The van der Waals surface area contributed by atoms with Crippen LogP contribution in [0, 0.1) is 11.8 Å². The standard InChI is InChI=1S/C17H23ClN2O3/c1-17(23-2)7-10-4-3-5-11(8-17)15(10)20-13-6-14(18)19-9-12(13)16(21)22/h6,9-11,15H,3-5,7-8H2,1-2H3,(H,19,20)(H,21,22)/t10-,11+,15?,17?. The van der Waals surface area contributed by atoms with E-state index in [2.05, 4.69) is 17.2 Å². The Hall–Kier alpha value is -1.33. The molecule has 0 aromatic carbocycles. The molecular weight excluding hydrogens is 316 g/mol. The summed E-state index contributed by atoms with van der Waals surface area (Å²) in [5, 5.41) is 13.1. The summed E-state index contributed by atoms with van der Waals surface area (Å²) in [6.45, 7) is 2.18. The summed E-state index contributed by atoms with van der Waals surface area (Å²) >= 11 is 5.96. The average Bonchev–Trinajstić information content (AvgIpc) is 2.48. The number of halogens is 1. The van der Waals surface area contributed by atoms with Crippen molar-refractivity contribution < 1.29 is 14.6 Å². The number of hydrogen-bond acceptors (Lipinski definition) is 4. The minimum Gasteiger partial charge on any atom is -0.478 e. The van der Waals surface area contributed by atoms with E-state index in [0.717, 1.165) is 25.7 Å². The number of carboxylic acids is 1. The highest BCUT2D eigenvalue weighted by Crippen LogP contribution is 2.47. The molecule has 2 bridgehead atoms. The number of pyridine rings is 1. The van der Waals surface area contributed by atoms with Gasteiger partial charge in [0.15, 0.2) is 0 Å². The zero-order valence-electron chi connectivity index (χ0n) is 13.5. The van der Waals surface area contributed by atoms with Crippen LogP contribution in [0.2, 0.25) is 5.15 Å². The molecule has 0 aliphatic heterocycles. The maximum Gasteiger partial charge on any atom is 0.339 e. The van der Waals surface area contributed by atoms with Gasteiger partial charge in [0.25, 0.3) is 0 Å². The van der Waals surface area contributed by atoms with Crippen LogP contribution in [-0.4, -0.2) is 34.8 Å². The van der Waals surface area contributed by atoms with Crippen LogP contribution < -0.4 is 5.32 Å². The first kappa shape index (κ1) is 16.5. The number of carbonyl (C=O) groups is 1. The number of methoxy groups -OCH3 is 1. The molecule has 2 saturated carbocycles. The van der Waals surface area contributed by atoms with Gasteiger partial charge in [0.2, 0.25) is 0 Å². The summed E-state index contributed by atoms with van der Waals surface area (Å²) in [6.07, 6.45) is 6.85. The molecule has 1 aromatic heterocycles. The summed E-state index contributed by atoms with van der Waals surface area (Å²) < 4.78 is 5.74. The van der Waals surface area contributed by atoms with Gasteiger partial charge in [-0.3, -0.25) is 0 Å². The molecule has 0 amide bonds. The molecule has 4 atom stereocenters. The van der Waals surface area contributed by atoms with E-state index in [1.54, 1.807) is 13.2 Å². The molecule has 2 N–H and O–H groups in total. The minimum absolute atomic E-state index is 0.0700. The van der Waals surface area contributed by atoms with Crippen molar-refractivity contribution in [3.8, 4) is 0 Å². The van der Waals surface area contributed by atoms with Crippen LogP contribution >= 0.6 is 11.6 Å². The largest absolute Gasteiger partial charge is 0.478 e. The first-order valence-electron chi connectivity index (χ1n) is 8.12. The Balaban J connectivity index is 1.86. The van der Waals surface area contributed by atoms with Gasteiger partial charge >= 0.3 is 5.97 Å². The zero-order valence-corrected chi connectivity index (χ0v) is 14.3. The summed E-state index contributed by atoms with van der Waals surface area (Å²) in [5.74, 6) is -0.0126. The van der Waals surface area contributed by atoms with Crippen LogP contribution in [-0.2, 0) is 4.74 Å². The molecule has 2 fully saturated rings. The normalized spacial score (nSPS) is 33.3. The maximum absolute atomic E-state index is 11.4. The molecular formula is C17H23ClN2O3. The SMILES string of the molecule is COC1(C)C[C@H]2CCC[C@@H](C1)C2Nc1cc(Cl)ncc1C(=O)O. The minimum atomic E-state index is -0.987. The fourth-order valence-electron chi connectivity index (χ4n) is 4.34. The topological polar surface area (TPSA) is 71.5 Å². The van der Waals surface area contributed by atoms with Crippen molar-refractivity contribution in [3.05, 3.63) is 23.0 Å². The first-order chi connectivity index (χ1) is 10.9. The van der Waals surface area contributed by atoms with Gasteiger partial charge in [-0.05, 0) is 50.5 Å². The predicted molar refractivity (Wildman–Crippen MR) is 89.1 cm³/mol. The average molecular weight is 339 g/mol. The van der Waals surface area contributed by atoms with Gasteiger partial charge < -0.3 is 15.2 Å². The summed E-state index contributed by atoms with van der Waals surface area (Å²) in [4.78, 5) is 15.3. The van der Waals surface area contributed by atoms with Gasteiger partial charge in [-0.25, -0.2) is 9.78 Å². The number of hydrogen-bond donors (Lipinski definition) is 2. The van der Waals surface area contributed by atoms with Crippen molar-refractivity contribution in [1.82, 2.24) is 4.98 Å². The third-order valence-corrected chi connectivity index (χ3v) is 5.68. The molecule has 126 valence electrons. The molecule has 2 aliphatic rings. The third kappa shape index (κ3) is 3.31. The van der Waals surface area contributed by atoms with Crippen molar-refractivity contribution in [2.75, 3.05) is 12.4 Å². The molecule has 0 radical (unpaired) electrons. The number of nitrogens with zero attached hydrogens (tertiary/aromatic N) is 1. The van der Waals surface area contributed by atoms with E-state index in [0.29, 0.717) is 22.7 Å². The number of fused-ring (bicyclic) bond motifs is 2. The van der Waals surface area contributed by atoms with Gasteiger partial charge in [-0.15, -0.1) is 0 Å². The third-order valence-electron chi connectivity index (χ3n) is 5.47. The van der Waals surface area contributed by atoms with E-state index in [1.807, 2.05) is 0 Å². The number of ether oxygens (including phenoxy) is 1. The van der Waals surface area contributed by atoms with E-state index in [9.17, 15) is 9.90 Å². The lowest BCUT2D eigenvalue weighted by molar-refractivity contribution is -0.0736. The van der Waals surface area contributed by atoms with Crippen molar-refractivity contribution in [2.24, 2.45) is 11.8 Å². The molecule has 1 aromatic rings. The Kier molecular flexibility index (Phi) is 4.52. The van der Waals surface area contributed by atoms with E-state index < -0.39 is 5.97 Å². The van der Waals surface area contributed by atoms with Crippen molar-refractivity contribution in [2.45, 2.75) is 50.7 Å². The monoisotopic (exact) mass is 338 g/mol. The maximum atomic E-state index is 11.4. The van der Waals surface area contributed by atoms with Gasteiger partial charge in [-0.1, -0.05) is 18.0 Å². The second-order valence-electron chi connectivity index (χ2n) is 7.04. The number of anilines is 1. The molecule has 23 heavy (non-hydrogen) atoms. The molecule has 2 aliphatic carbocycles. The lowest BCUT2D eigenvalue weighted by atomic mass is 9.63. The fourth-order valence-corrected chi connectivity index (χ4v) is 4.50. The molecule has 6 heteroatoms. The molecule has 0 saturated heterocycles. The molecule has 5 nitrogen and oxygen atoms in total. The van der Waals surface area contributed by atoms with E-state index >= 15 is 0 Å². The summed E-state index contributed by atoms with van der Waals surface area (Å²) in [6, 6.07) is 1.88. The van der Waals surface area contributed by atoms with Gasteiger partial charge in [-0.2, -0.15) is 0 Å². The molecule has 1 heterocycles. The smallest absolute Gasteiger partial charge is 0.339 e. The fraction of sp³-hybridized carbons (Fsp3) is 0.647. The van der Waals surface area contributed by atoms with Crippen LogP contribution in [0.1, 0.15) is 49.4 Å². The van der Waals surface area contributed by atoms with Crippen LogP contribution in [0.15, 0.2) is 12.3 Å². The van der Waals surface area contributed by atoms with Crippen LogP contribution in [0.25, 0.3) is 0 Å². The Morgan fingerprint density at radius 2 is 2.09 bits per heavy atom. The Bertz CT molecular complexity index is 594. The van der Waals surface area contributed by atoms with Crippen LogP contribution in [0.5, 0.6) is 0 Å². The Labute approximate surface area is 141 Å². The first-order valence-corrected chi connectivity index (χ1v) is 8.50. The zero-order chi connectivity index (χ0) is 16.6. The van der Waals surface area contributed by atoms with Crippen molar-refractivity contribution >= 4 is 23.3 Å². The molecule has 3 rings (SSSR count). The highest BCUT2D eigenvalue weighted by molar-refractivity contribution is 6.29. The van der Waals surface area contributed by atoms with Crippen molar-refractivity contribution in [1.29, 1.82) is 0 Å². The van der Waals surface area contributed by atoms with Crippen LogP contribution in [0.4, 0.5) is 5.69 Å². The van der Waals surface area contributed by atoms with E-state index in [-0.39, 0.29) is 17.2 Å². The lowest BCUT2D eigenvalue weighted by Gasteiger charge is -2.50. The van der Waals surface area contributed by atoms with Gasteiger partial charge in [0.1, 0.15) is 10.7 Å². The molecule has 0 spiro atoms. The van der Waals surface area contributed by atoms with Gasteiger partial charge in [0.05, 0.1) is 11.3 Å². The number of nitrogens with one attached hydrogen (secondary N) is 1. The predicted octanol–water partition coefficient (Wildman–Crippen LogP) is 3.83. The lowest BCUT2D eigenvalue weighted by Crippen LogP contribution is -2.51. The number of rotatable bonds is 4. The highest BCUT2D eigenvalue weighted by Gasteiger charge is 2.45. The Morgan fingerprint density at radius 3 is 2.65 bits per heavy atom. The number of carboxylic acid groups (broad SMARTS) is 1. The second kappa shape index (κ2) is 6.29. The van der Waals surface area contributed by atoms with E-state index in [4.69, 9.17) is 16.3 Å². The van der Waals surface area contributed by atoms with Gasteiger partial charge in [0, 0.05) is 19.3 Å². The van der Waals surface area contributed by atoms with Crippen molar-refractivity contribution in [3.63, 3.8) is 0 Å².